The van der Waals surface area contributed by atoms with Crippen LogP contribution in [-0.2, 0) is 13.0 Å². The molecule has 0 unspecified atom stereocenters. The molecule has 2 N–H and O–H groups in total. The van der Waals surface area contributed by atoms with E-state index in [1.807, 2.05) is 4.68 Å². The lowest BCUT2D eigenvalue weighted by Crippen LogP contribution is -2.07. The van der Waals surface area contributed by atoms with Crippen molar-refractivity contribution in [3.05, 3.63) is 39.1 Å². The van der Waals surface area contributed by atoms with Crippen molar-refractivity contribution in [2.24, 2.45) is 0 Å². The molecule has 0 saturated carbocycles. The first-order chi connectivity index (χ1) is 8.20. The van der Waals surface area contributed by atoms with Gasteiger partial charge in [-0.3, -0.25) is 0 Å². The summed E-state index contributed by atoms with van der Waals surface area (Å²) in [5, 5.41) is 8.03. The lowest BCUT2D eigenvalue weighted by atomic mass is 10.2. The van der Waals surface area contributed by atoms with Gasteiger partial charge in [-0.15, -0.1) is 5.10 Å². The summed E-state index contributed by atoms with van der Waals surface area (Å²) in [5.41, 5.74) is 8.06. The number of nitrogen functional groups attached to an aromatic ring is 1. The fourth-order valence-corrected chi connectivity index (χ4v) is 2.09. The van der Waals surface area contributed by atoms with Gasteiger partial charge in [0.05, 0.1) is 12.2 Å². The smallest absolute Gasteiger partial charge is 0.169 e. The molecular weight excluding hydrogens is 327 g/mol. The summed E-state index contributed by atoms with van der Waals surface area (Å²) >= 11 is 2.30. The summed E-state index contributed by atoms with van der Waals surface area (Å²) in [5.74, 6) is 0.553. The summed E-state index contributed by atoms with van der Waals surface area (Å²) in [4.78, 5) is 0. The van der Waals surface area contributed by atoms with E-state index in [1.165, 1.54) is 9.13 Å². The van der Waals surface area contributed by atoms with Gasteiger partial charge in [0.2, 0.25) is 0 Å². The number of aromatic nitrogens is 3. The highest BCUT2D eigenvalue weighted by Crippen LogP contribution is 2.13. The van der Waals surface area contributed by atoms with Crippen LogP contribution in [-0.4, -0.2) is 15.0 Å². The Morgan fingerprint density at radius 1 is 1.29 bits per heavy atom. The topological polar surface area (TPSA) is 56.7 Å². The minimum absolute atomic E-state index is 0.553. The maximum Gasteiger partial charge on any atom is 0.169 e. The van der Waals surface area contributed by atoms with Crippen molar-refractivity contribution in [3.8, 4) is 0 Å². The first-order valence-electron chi connectivity index (χ1n) is 5.63. The van der Waals surface area contributed by atoms with Crippen LogP contribution in [0, 0.1) is 3.57 Å². The molecule has 0 saturated heterocycles. The fourth-order valence-electron chi connectivity index (χ4n) is 1.73. The van der Waals surface area contributed by atoms with Crippen LogP contribution in [0.1, 0.15) is 24.6 Å². The summed E-state index contributed by atoms with van der Waals surface area (Å²) in [6.45, 7) is 2.86. The van der Waals surface area contributed by atoms with Crippen molar-refractivity contribution in [2.75, 3.05) is 5.73 Å². The molecule has 0 aliphatic heterocycles. The predicted octanol–water partition coefficient (Wildman–Crippen LogP) is 2.47. The van der Waals surface area contributed by atoms with Gasteiger partial charge in [-0.25, -0.2) is 4.68 Å². The van der Waals surface area contributed by atoms with Crippen LogP contribution >= 0.6 is 22.6 Å². The van der Waals surface area contributed by atoms with Gasteiger partial charge in [0.1, 0.15) is 0 Å². The Bertz CT molecular complexity index is 490. The normalized spacial score (nSPS) is 10.7. The van der Waals surface area contributed by atoms with Gasteiger partial charge in [0.25, 0.3) is 0 Å². The predicted molar refractivity (Wildman–Crippen MR) is 76.7 cm³/mol. The Hall–Kier alpha value is -1.11. The van der Waals surface area contributed by atoms with Crippen LogP contribution in [0.15, 0.2) is 24.3 Å². The van der Waals surface area contributed by atoms with Crippen LogP contribution in [0.25, 0.3) is 0 Å². The third kappa shape index (κ3) is 2.96. The maximum absolute atomic E-state index is 5.81. The van der Waals surface area contributed by atoms with Crippen molar-refractivity contribution in [1.82, 2.24) is 15.0 Å². The Morgan fingerprint density at radius 2 is 2.00 bits per heavy atom. The Labute approximate surface area is 114 Å². The molecule has 1 heterocycles. The largest absolute Gasteiger partial charge is 0.381 e. The summed E-state index contributed by atoms with van der Waals surface area (Å²) in [7, 11) is 0. The molecule has 0 aliphatic carbocycles. The van der Waals surface area contributed by atoms with E-state index in [0.717, 1.165) is 25.1 Å². The molecule has 2 aromatic rings. The standard InChI is InChI=1S/C12H15IN4/c1-2-3-11-12(14)15-16-17(11)8-9-4-6-10(13)7-5-9/h4-7H,2-3,8,14H2,1H3. The molecule has 0 amide bonds. The highest BCUT2D eigenvalue weighted by atomic mass is 127. The SMILES string of the molecule is CCCc1c(N)nnn1Cc1ccc(I)cc1. The van der Waals surface area contributed by atoms with Crippen molar-refractivity contribution >= 4 is 28.4 Å². The third-order valence-corrected chi connectivity index (χ3v) is 3.32. The summed E-state index contributed by atoms with van der Waals surface area (Å²) in [6.07, 6.45) is 1.97. The van der Waals surface area contributed by atoms with Crippen molar-refractivity contribution in [3.63, 3.8) is 0 Å². The minimum Gasteiger partial charge on any atom is -0.381 e. The molecule has 17 heavy (non-hydrogen) atoms. The second-order valence-corrected chi connectivity index (χ2v) is 5.20. The number of nitrogens with zero attached hydrogens (tertiary/aromatic N) is 3. The number of halogens is 1. The van der Waals surface area contributed by atoms with Crippen molar-refractivity contribution < 1.29 is 0 Å². The van der Waals surface area contributed by atoms with Crippen molar-refractivity contribution in [2.45, 2.75) is 26.3 Å². The summed E-state index contributed by atoms with van der Waals surface area (Å²) < 4.78 is 3.12. The van der Waals surface area contributed by atoms with Gasteiger partial charge >= 0.3 is 0 Å². The molecule has 1 aromatic carbocycles. The maximum atomic E-state index is 5.81. The zero-order valence-corrected chi connectivity index (χ0v) is 11.9. The van der Waals surface area contributed by atoms with Crippen LogP contribution in [0.5, 0.6) is 0 Å². The van der Waals surface area contributed by atoms with E-state index in [-0.39, 0.29) is 0 Å². The van der Waals surface area contributed by atoms with Crippen LogP contribution < -0.4 is 5.73 Å². The van der Waals surface area contributed by atoms with Crippen LogP contribution in [0.3, 0.4) is 0 Å². The Morgan fingerprint density at radius 3 is 2.65 bits per heavy atom. The molecule has 5 heteroatoms. The lowest BCUT2D eigenvalue weighted by molar-refractivity contribution is 0.613. The molecule has 0 radical (unpaired) electrons. The van der Waals surface area contributed by atoms with E-state index >= 15 is 0 Å². The molecule has 1 aromatic heterocycles. The molecule has 0 spiro atoms. The number of hydrogen-bond donors (Lipinski definition) is 1. The van der Waals surface area contributed by atoms with Crippen LogP contribution in [0.4, 0.5) is 5.82 Å². The second-order valence-electron chi connectivity index (χ2n) is 3.96. The first kappa shape index (κ1) is 12.3. The number of rotatable bonds is 4. The van der Waals surface area contributed by atoms with Crippen LogP contribution in [0.2, 0.25) is 0 Å². The monoisotopic (exact) mass is 342 g/mol. The van der Waals surface area contributed by atoms with E-state index in [1.54, 1.807) is 0 Å². The number of anilines is 1. The van der Waals surface area contributed by atoms with E-state index < -0.39 is 0 Å². The Balaban J connectivity index is 2.20. The van der Waals surface area contributed by atoms with E-state index in [0.29, 0.717) is 5.82 Å². The van der Waals surface area contributed by atoms with Gasteiger partial charge in [-0.05, 0) is 46.7 Å². The molecule has 4 nitrogen and oxygen atoms in total. The minimum atomic E-state index is 0.553. The molecule has 90 valence electrons. The molecule has 0 atom stereocenters. The molecule has 2 rings (SSSR count). The number of nitrogens with two attached hydrogens (primary N) is 1. The van der Waals surface area contributed by atoms with Crippen molar-refractivity contribution in [1.29, 1.82) is 0 Å². The van der Waals surface area contributed by atoms with Gasteiger partial charge in [0, 0.05) is 3.57 Å². The summed E-state index contributed by atoms with van der Waals surface area (Å²) in [6, 6.07) is 8.40. The zero-order valence-electron chi connectivity index (χ0n) is 9.73. The highest BCUT2D eigenvalue weighted by molar-refractivity contribution is 14.1. The van der Waals surface area contributed by atoms with Gasteiger partial charge in [0.15, 0.2) is 5.82 Å². The first-order valence-corrected chi connectivity index (χ1v) is 6.71. The third-order valence-electron chi connectivity index (χ3n) is 2.60. The number of benzene rings is 1. The zero-order chi connectivity index (χ0) is 12.3. The average molecular weight is 342 g/mol. The van der Waals surface area contributed by atoms with Gasteiger partial charge in [-0.1, -0.05) is 30.7 Å². The lowest BCUT2D eigenvalue weighted by Gasteiger charge is -2.06. The van der Waals surface area contributed by atoms with E-state index in [9.17, 15) is 0 Å². The molecule has 0 fully saturated rings. The molecular formula is C12H15IN4. The quantitative estimate of drug-likeness (QED) is 0.869. The van der Waals surface area contributed by atoms with E-state index in [2.05, 4.69) is 64.1 Å². The molecule has 0 bridgehead atoms. The van der Waals surface area contributed by atoms with E-state index in [4.69, 9.17) is 5.73 Å². The fraction of sp³-hybridized carbons (Fsp3) is 0.333. The van der Waals surface area contributed by atoms with Gasteiger partial charge in [-0.2, -0.15) is 0 Å². The Kier molecular flexibility index (Phi) is 3.98. The molecule has 0 aliphatic rings. The average Bonchev–Trinajstić information content (AvgIpc) is 2.65. The van der Waals surface area contributed by atoms with Gasteiger partial charge < -0.3 is 5.73 Å². The highest BCUT2D eigenvalue weighted by Gasteiger charge is 2.09. The second kappa shape index (κ2) is 5.48. The number of hydrogen-bond acceptors (Lipinski definition) is 3.